The number of hydrogen-bond donors (Lipinski definition) is 1. The average Bonchev–Trinajstić information content (AvgIpc) is 3.07. The summed E-state index contributed by atoms with van der Waals surface area (Å²) in [7, 11) is -3.03. The third-order valence-corrected chi connectivity index (χ3v) is 4.83. The predicted octanol–water partition coefficient (Wildman–Crippen LogP) is -0.452. The maximum absolute atomic E-state index is 12.4. The molecule has 7 heteroatoms. The summed E-state index contributed by atoms with van der Waals surface area (Å²) in [5.74, 6) is 0.0246. The fourth-order valence-electron chi connectivity index (χ4n) is 2.59. The van der Waals surface area contributed by atoms with Gasteiger partial charge in [0.05, 0.1) is 12.3 Å². The van der Waals surface area contributed by atoms with Crippen LogP contribution in [0.15, 0.2) is 0 Å². The molecule has 1 aliphatic heterocycles. The van der Waals surface area contributed by atoms with Crippen LogP contribution in [0, 0.1) is 5.92 Å². The molecule has 1 saturated carbocycles. The van der Waals surface area contributed by atoms with Crippen molar-refractivity contribution >= 4 is 21.7 Å². The highest BCUT2D eigenvalue weighted by molar-refractivity contribution is 7.90. The van der Waals surface area contributed by atoms with Gasteiger partial charge in [-0.2, -0.15) is 0 Å². The molecule has 2 amide bonds. The maximum Gasteiger partial charge on any atom is 0.248 e. The van der Waals surface area contributed by atoms with Crippen molar-refractivity contribution in [3.05, 3.63) is 0 Å². The number of carbonyl (C=O) groups is 2. The molecule has 1 N–H and O–H groups in total. The van der Waals surface area contributed by atoms with Crippen LogP contribution < -0.4 is 5.32 Å². The largest absolute Gasteiger partial charge is 0.340 e. The molecule has 1 atom stereocenters. The van der Waals surface area contributed by atoms with E-state index in [4.69, 9.17) is 0 Å². The molecule has 2 aliphatic rings. The number of amides is 2. The Bertz CT molecular complexity index is 498. The Kier molecular flexibility index (Phi) is 3.59. The summed E-state index contributed by atoms with van der Waals surface area (Å²) >= 11 is 0. The number of rotatable bonds is 5. The third kappa shape index (κ3) is 3.26. The first kappa shape index (κ1) is 14.3. The van der Waals surface area contributed by atoms with Gasteiger partial charge >= 0.3 is 0 Å². The maximum atomic E-state index is 12.4. The molecule has 1 unspecified atom stereocenters. The van der Waals surface area contributed by atoms with Crippen LogP contribution in [-0.2, 0) is 19.4 Å². The van der Waals surface area contributed by atoms with Crippen molar-refractivity contribution in [2.45, 2.75) is 31.7 Å². The molecule has 19 heavy (non-hydrogen) atoms. The van der Waals surface area contributed by atoms with Crippen LogP contribution in [0.25, 0.3) is 0 Å². The fourth-order valence-corrected chi connectivity index (χ4v) is 3.25. The van der Waals surface area contributed by atoms with Gasteiger partial charge in [-0.1, -0.05) is 0 Å². The van der Waals surface area contributed by atoms with E-state index in [1.165, 1.54) is 11.2 Å². The van der Waals surface area contributed by atoms with Crippen LogP contribution in [0.1, 0.15) is 26.2 Å². The Morgan fingerprint density at radius 3 is 2.53 bits per heavy atom. The summed E-state index contributed by atoms with van der Waals surface area (Å²) in [6.45, 7) is 2.13. The first-order valence-electron chi connectivity index (χ1n) is 6.50. The van der Waals surface area contributed by atoms with E-state index in [0.717, 1.165) is 12.8 Å². The molecule has 1 heterocycles. The molecule has 0 aromatic heterocycles. The van der Waals surface area contributed by atoms with E-state index < -0.39 is 15.4 Å². The van der Waals surface area contributed by atoms with Crippen LogP contribution in [-0.4, -0.2) is 55.8 Å². The minimum atomic E-state index is -3.03. The minimum Gasteiger partial charge on any atom is -0.340 e. The van der Waals surface area contributed by atoms with E-state index in [1.54, 1.807) is 6.92 Å². The van der Waals surface area contributed by atoms with Crippen LogP contribution in [0.3, 0.4) is 0 Å². The molecule has 0 radical (unpaired) electrons. The van der Waals surface area contributed by atoms with Crippen molar-refractivity contribution in [3.8, 4) is 0 Å². The fraction of sp³-hybridized carbons (Fsp3) is 0.833. The van der Waals surface area contributed by atoms with Gasteiger partial charge in [-0.15, -0.1) is 0 Å². The van der Waals surface area contributed by atoms with E-state index >= 15 is 0 Å². The van der Waals surface area contributed by atoms with E-state index in [0.29, 0.717) is 13.0 Å². The second-order valence-electron chi connectivity index (χ2n) is 5.73. The lowest BCUT2D eigenvalue weighted by Gasteiger charge is -2.40. The lowest BCUT2D eigenvalue weighted by Crippen LogP contribution is -2.66. The molecule has 2 rings (SSSR count). The van der Waals surface area contributed by atoms with Gasteiger partial charge in [-0.3, -0.25) is 9.59 Å². The Hall–Kier alpha value is -1.11. The SMILES string of the molecule is CC1(C2CC2)NC(=O)CN(CCCS(C)(=O)=O)C1=O. The zero-order valence-electron chi connectivity index (χ0n) is 11.3. The zero-order chi connectivity index (χ0) is 14.3. The molecule has 108 valence electrons. The smallest absolute Gasteiger partial charge is 0.248 e. The molecule has 0 bridgehead atoms. The number of nitrogens with zero attached hydrogens (tertiary/aromatic N) is 1. The van der Waals surface area contributed by atoms with Crippen LogP contribution in [0.4, 0.5) is 0 Å². The van der Waals surface area contributed by atoms with Crippen LogP contribution >= 0.6 is 0 Å². The molecule has 1 saturated heterocycles. The molecule has 0 spiro atoms. The van der Waals surface area contributed by atoms with Gasteiger partial charge in [0.25, 0.3) is 0 Å². The Morgan fingerprint density at radius 2 is 2.00 bits per heavy atom. The Morgan fingerprint density at radius 1 is 1.37 bits per heavy atom. The minimum absolute atomic E-state index is 0.0326. The molecule has 6 nitrogen and oxygen atoms in total. The summed E-state index contributed by atoms with van der Waals surface area (Å²) in [6.07, 6.45) is 3.46. The quantitative estimate of drug-likeness (QED) is 0.742. The van der Waals surface area contributed by atoms with Crippen molar-refractivity contribution in [1.29, 1.82) is 0 Å². The molecule has 2 fully saturated rings. The molecule has 0 aromatic rings. The Balaban J connectivity index is 2.00. The molecular formula is C12H20N2O4S. The van der Waals surface area contributed by atoms with Gasteiger partial charge in [0.2, 0.25) is 11.8 Å². The summed E-state index contributed by atoms with van der Waals surface area (Å²) in [5, 5.41) is 2.79. The number of piperazine rings is 1. The van der Waals surface area contributed by atoms with Gasteiger partial charge in [0.15, 0.2) is 0 Å². The van der Waals surface area contributed by atoms with Gasteiger partial charge in [-0.25, -0.2) is 8.42 Å². The molecule has 0 aromatic carbocycles. The predicted molar refractivity (Wildman–Crippen MR) is 70.2 cm³/mol. The van der Waals surface area contributed by atoms with E-state index in [1.807, 2.05) is 0 Å². The highest BCUT2D eigenvalue weighted by atomic mass is 32.2. The highest BCUT2D eigenvalue weighted by Gasteiger charge is 2.52. The Labute approximate surface area is 113 Å². The molecular weight excluding hydrogens is 268 g/mol. The van der Waals surface area contributed by atoms with Crippen molar-refractivity contribution in [3.63, 3.8) is 0 Å². The van der Waals surface area contributed by atoms with Crippen molar-refractivity contribution in [2.24, 2.45) is 5.92 Å². The van der Waals surface area contributed by atoms with Crippen molar-refractivity contribution in [1.82, 2.24) is 10.2 Å². The van der Waals surface area contributed by atoms with Gasteiger partial charge < -0.3 is 10.2 Å². The first-order valence-corrected chi connectivity index (χ1v) is 8.56. The van der Waals surface area contributed by atoms with Crippen LogP contribution in [0.2, 0.25) is 0 Å². The normalized spacial score (nSPS) is 28.4. The molecule has 1 aliphatic carbocycles. The zero-order valence-corrected chi connectivity index (χ0v) is 12.1. The van der Waals surface area contributed by atoms with E-state index in [-0.39, 0.29) is 30.0 Å². The average molecular weight is 288 g/mol. The van der Waals surface area contributed by atoms with E-state index in [2.05, 4.69) is 5.32 Å². The number of hydrogen-bond acceptors (Lipinski definition) is 4. The summed E-state index contributed by atoms with van der Waals surface area (Å²) in [6, 6.07) is 0. The van der Waals surface area contributed by atoms with Gasteiger partial charge in [-0.05, 0) is 32.1 Å². The number of carbonyl (C=O) groups excluding carboxylic acids is 2. The van der Waals surface area contributed by atoms with Crippen LogP contribution in [0.5, 0.6) is 0 Å². The third-order valence-electron chi connectivity index (χ3n) is 3.80. The van der Waals surface area contributed by atoms with Crippen molar-refractivity contribution in [2.75, 3.05) is 25.1 Å². The highest BCUT2D eigenvalue weighted by Crippen LogP contribution is 2.41. The first-order chi connectivity index (χ1) is 8.72. The van der Waals surface area contributed by atoms with Crippen molar-refractivity contribution < 1.29 is 18.0 Å². The second kappa shape index (κ2) is 4.77. The summed E-state index contributed by atoms with van der Waals surface area (Å²) < 4.78 is 22.2. The number of nitrogens with one attached hydrogen (secondary N) is 1. The topological polar surface area (TPSA) is 83.6 Å². The lowest BCUT2D eigenvalue weighted by molar-refractivity contribution is -0.150. The van der Waals surface area contributed by atoms with Gasteiger partial charge in [0.1, 0.15) is 15.4 Å². The second-order valence-corrected chi connectivity index (χ2v) is 7.99. The standard InChI is InChI=1S/C12H20N2O4S/c1-12(9-4-5-9)11(16)14(8-10(15)13-12)6-3-7-19(2,17)18/h9H,3-8H2,1-2H3,(H,13,15). The van der Waals surface area contributed by atoms with Gasteiger partial charge in [0, 0.05) is 12.8 Å². The monoisotopic (exact) mass is 288 g/mol. The van der Waals surface area contributed by atoms with E-state index in [9.17, 15) is 18.0 Å². The summed E-state index contributed by atoms with van der Waals surface area (Å²) in [5.41, 5.74) is -0.791. The summed E-state index contributed by atoms with van der Waals surface area (Å²) in [4.78, 5) is 25.6. The lowest BCUT2D eigenvalue weighted by atomic mass is 9.91. The number of sulfone groups is 1.